The van der Waals surface area contributed by atoms with E-state index >= 15 is 0 Å². The highest BCUT2D eigenvalue weighted by Gasteiger charge is 2.33. The Balaban J connectivity index is 1.57. The van der Waals surface area contributed by atoms with Gasteiger partial charge in [-0.3, -0.25) is 0 Å². The first-order chi connectivity index (χ1) is 11.7. The summed E-state index contributed by atoms with van der Waals surface area (Å²) in [5.74, 6) is 2.68. The maximum Gasteiger partial charge on any atom is 0.191 e. The first kappa shape index (κ1) is 17.0. The molecule has 3 unspecified atom stereocenters. The number of anilines is 1. The van der Waals surface area contributed by atoms with Crippen molar-refractivity contribution in [2.75, 3.05) is 31.1 Å². The predicted molar refractivity (Wildman–Crippen MR) is 97.4 cm³/mol. The van der Waals surface area contributed by atoms with Crippen LogP contribution in [0.4, 0.5) is 5.82 Å². The fraction of sp³-hybridized carbons (Fsp3) is 0.667. The number of nitrogens with zero attached hydrogens (tertiary/aromatic N) is 3. The fourth-order valence-electron chi connectivity index (χ4n) is 2.91. The van der Waals surface area contributed by atoms with Crippen LogP contribution in [-0.4, -0.2) is 49.3 Å². The minimum Gasteiger partial charge on any atom is -0.375 e. The zero-order valence-electron chi connectivity index (χ0n) is 15.0. The van der Waals surface area contributed by atoms with Gasteiger partial charge in [0, 0.05) is 31.9 Å². The molecule has 2 fully saturated rings. The van der Waals surface area contributed by atoms with Crippen molar-refractivity contribution in [1.29, 1.82) is 0 Å². The minimum atomic E-state index is 0.267. The SMILES string of the molecule is CCNC(=NCc1ccc(N2CCOC(C)C2)nc1)NC1CC1C. The third kappa shape index (κ3) is 4.60. The van der Waals surface area contributed by atoms with Gasteiger partial charge in [0.2, 0.25) is 0 Å². The lowest BCUT2D eigenvalue weighted by Crippen LogP contribution is -2.41. The summed E-state index contributed by atoms with van der Waals surface area (Å²) in [6, 6.07) is 4.79. The molecule has 1 saturated heterocycles. The summed E-state index contributed by atoms with van der Waals surface area (Å²) in [5.41, 5.74) is 1.13. The molecule has 1 aliphatic carbocycles. The molecule has 0 amide bonds. The van der Waals surface area contributed by atoms with Crippen molar-refractivity contribution >= 4 is 11.8 Å². The number of pyridine rings is 1. The molecule has 1 aliphatic heterocycles. The highest BCUT2D eigenvalue weighted by molar-refractivity contribution is 5.80. The van der Waals surface area contributed by atoms with Crippen molar-refractivity contribution in [3.8, 4) is 0 Å². The number of ether oxygens (including phenoxy) is 1. The molecule has 0 bridgehead atoms. The first-order valence-corrected chi connectivity index (χ1v) is 9.02. The van der Waals surface area contributed by atoms with Gasteiger partial charge in [-0.05, 0) is 37.8 Å². The molecule has 1 saturated carbocycles. The van der Waals surface area contributed by atoms with E-state index in [0.29, 0.717) is 12.6 Å². The average molecular weight is 331 g/mol. The van der Waals surface area contributed by atoms with Gasteiger partial charge in [0.1, 0.15) is 5.82 Å². The van der Waals surface area contributed by atoms with Crippen LogP contribution >= 0.6 is 0 Å². The molecule has 2 aliphatic rings. The van der Waals surface area contributed by atoms with Gasteiger partial charge in [0.05, 0.1) is 19.3 Å². The summed E-state index contributed by atoms with van der Waals surface area (Å²) in [5, 5.41) is 6.79. The molecule has 0 spiro atoms. The molecular formula is C18H29N5O. The van der Waals surface area contributed by atoms with Crippen LogP contribution in [0.5, 0.6) is 0 Å². The van der Waals surface area contributed by atoms with E-state index in [0.717, 1.165) is 49.5 Å². The predicted octanol–water partition coefficient (Wildman–Crippen LogP) is 1.77. The molecule has 6 heteroatoms. The normalized spacial score (nSPS) is 27.0. The van der Waals surface area contributed by atoms with Gasteiger partial charge >= 0.3 is 0 Å². The average Bonchev–Trinajstić information content (AvgIpc) is 3.28. The lowest BCUT2D eigenvalue weighted by Gasteiger charge is -2.32. The smallest absolute Gasteiger partial charge is 0.191 e. The van der Waals surface area contributed by atoms with Crippen molar-refractivity contribution in [2.45, 2.75) is 45.9 Å². The van der Waals surface area contributed by atoms with Crippen LogP contribution in [0.2, 0.25) is 0 Å². The third-order valence-corrected chi connectivity index (χ3v) is 4.57. The molecule has 2 N–H and O–H groups in total. The van der Waals surface area contributed by atoms with Crippen LogP contribution in [0.15, 0.2) is 23.3 Å². The summed E-state index contributed by atoms with van der Waals surface area (Å²) in [6.45, 7) is 10.5. The van der Waals surface area contributed by atoms with E-state index in [1.165, 1.54) is 6.42 Å². The monoisotopic (exact) mass is 331 g/mol. The van der Waals surface area contributed by atoms with Gasteiger partial charge in [-0.1, -0.05) is 13.0 Å². The Morgan fingerprint density at radius 1 is 1.42 bits per heavy atom. The molecule has 0 radical (unpaired) electrons. The molecule has 2 heterocycles. The van der Waals surface area contributed by atoms with Gasteiger partial charge < -0.3 is 20.3 Å². The van der Waals surface area contributed by atoms with E-state index in [-0.39, 0.29) is 6.10 Å². The van der Waals surface area contributed by atoms with Gasteiger partial charge in [0.15, 0.2) is 5.96 Å². The Kier molecular flexibility index (Phi) is 5.56. The fourth-order valence-corrected chi connectivity index (χ4v) is 2.91. The number of aliphatic imine (C=N–C) groups is 1. The van der Waals surface area contributed by atoms with Gasteiger partial charge in [-0.15, -0.1) is 0 Å². The Morgan fingerprint density at radius 2 is 2.25 bits per heavy atom. The molecule has 132 valence electrons. The second-order valence-corrected chi connectivity index (χ2v) is 6.81. The van der Waals surface area contributed by atoms with Crippen molar-refractivity contribution < 1.29 is 4.74 Å². The number of rotatable bonds is 5. The van der Waals surface area contributed by atoms with Crippen molar-refractivity contribution in [3.63, 3.8) is 0 Å². The van der Waals surface area contributed by atoms with Crippen molar-refractivity contribution in [3.05, 3.63) is 23.9 Å². The lowest BCUT2D eigenvalue weighted by atomic mass is 10.2. The summed E-state index contributed by atoms with van der Waals surface area (Å²) in [4.78, 5) is 11.6. The van der Waals surface area contributed by atoms with Crippen LogP contribution in [-0.2, 0) is 11.3 Å². The van der Waals surface area contributed by atoms with E-state index in [4.69, 9.17) is 4.74 Å². The lowest BCUT2D eigenvalue weighted by molar-refractivity contribution is 0.0529. The highest BCUT2D eigenvalue weighted by atomic mass is 16.5. The van der Waals surface area contributed by atoms with Crippen molar-refractivity contribution in [2.24, 2.45) is 10.9 Å². The Bertz CT molecular complexity index is 559. The second kappa shape index (κ2) is 7.83. The standard InChI is InChI=1S/C18H29N5O/c1-4-19-18(22-16-9-13(16)2)21-11-15-5-6-17(20-10-15)23-7-8-24-14(3)12-23/h5-6,10,13-14,16H,4,7-9,11-12H2,1-3H3,(H2,19,21,22). The van der Waals surface area contributed by atoms with Gasteiger partial charge in [0.25, 0.3) is 0 Å². The summed E-state index contributed by atoms with van der Waals surface area (Å²) >= 11 is 0. The zero-order valence-corrected chi connectivity index (χ0v) is 15.0. The topological polar surface area (TPSA) is 61.8 Å². The molecule has 3 atom stereocenters. The number of hydrogen-bond acceptors (Lipinski definition) is 4. The van der Waals surface area contributed by atoms with Gasteiger partial charge in [-0.2, -0.15) is 0 Å². The molecule has 24 heavy (non-hydrogen) atoms. The number of hydrogen-bond donors (Lipinski definition) is 2. The maximum absolute atomic E-state index is 5.58. The first-order valence-electron chi connectivity index (χ1n) is 9.02. The molecule has 1 aromatic heterocycles. The van der Waals surface area contributed by atoms with Crippen LogP contribution in [0.1, 0.15) is 32.8 Å². The van der Waals surface area contributed by atoms with Crippen LogP contribution in [0.3, 0.4) is 0 Å². The van der Waals surface area contributed by atoms with E-state index < -0.39 is 0 Å². The quantitative estimate of drug-likeness (QED) is 0.636. The van der Waals surface area contributed by atoms with Crippen LogP contribution in [0.25, 0.3) is 0 Å². The van der Waals surface area contributed by atoms with Crippen LogP contribution < -0.4 is 15.5 Å². The molecule has 1 aromatic rings. The van der Waals surface area contributed by atoms with Gasteiger partial charge in [-0.25, -0.2) is 9.98 Å². The number of aromatic nitrogens is 1. The maximum atomic E-state index is 5.58. The molecular weight excluding hydrogens is 302 g/mol. The third-order valence-electron chi connectivity index (χ3n) is 4.57. The highest BCUT2D eigenvalue weighted by Crippen LogP contribution is 2.28. The number of morpholine rings is 1. The number of guanidine groups is 1. The van der Waals surface area contributed by atoms with E-state index in [1.54, 1.807) is 0 Å². The zero-order chi connectivity index (χ0) is 16.9. The summed E-state index contributed by atoms with van der Waals surface area (Å²) in [6.07, 6.45) is 3.43. The largest absolute Gasteiger partial charge is 0.375 e. The summed E-state index contributed by atoms with van der Waals surface area (Å²) in [7, 11) is 0. The molecule has 6 nitrogen and oxygen atoms in total. The molecule has 3 rings (SSSR count). The Hall–Kier alpha value is -1.82. The van der Waals surface area contributed by atoms with E-state index in [2.05, 4.69) is 58.4 Å². The summed E-state index contributed by atoms with van der Waals surface area (Å²) < 4.78 is 5.58. The molecule has 0 aromatic carbocycles. The number of nitrogens with one attached hydrogen (secondary N) is 2. The van der Waals surface area contributed by atoms with E-state index in [1.807, 2.05) is 6.20 Å². The van der Waals surface area contributed by atoms with Crippen molar-refractivity contribution in [1.82, 2.24) is 15.6 Å². The van der Waals surface area contributed by atoms with E-state index in [9.17, 15) is 0 Å². The Morgan fingerprint density at radius 3 is 2.88 bits per heavy atom. The van der Waals surface area contributed by atoms with Crippen LogP contribution in [0, 0.1) is 5.92 Å². The second-order valence-electron chi connectivity index (χ2n) is 6.81. The Labute approximate surface area is 144 Å². The minimum absolute atomic E-state index is 0.267.